The van der Waals surface area contributed by atoms with Crippen LogP contribution < -0.4 is 0 Å². The van der Waals surface area contributed by atoms with Gasteiger partial charge in [0.2, 0.25) is 0 Å². The second-order valence-corrected chi connectivity index (χ2v) is 4.35. The van der Waals surface area contributed by atoms with E-state index in [0.29, 0.717) is 0 Å². The van der Waals surface area contributed by atoms with Crippen LogP contribution in [0, 0.1) is 11.8 Å². The van der Waals surface area contributed by atoms with E-state index in [4.69, 9.17) is 0 Å². The standard InChI is InChI=1S/C12H24/c1-7-10(4)12(6)8-11(5)9(2)3/h10,12H,7-8H2,1-6H3. The molecule has 0 aromatic rings. The Morgan fingerprint density at radius 2 is 1.50 bits per heavy atom. The maximum absolute atomic E-state index is 2.36. The molecule has 0 nitrogen and oxygen atoms in total. The first kappa shape index (κ1) is 11.7. The fourth-order valence-corrected chi connectivity index (χ4v) is 1.29. The van der Waals surface area contributed by atoms with E-state index in [2.05, 4.69) is 41.5 Å². The Kier molecular flexibility index (Phi) is 5.28. The summed E-state index contributed by atoms with van der Waals surface area (Å²) in [5, 5.41) is 0. The van der Waals surface area contributed by atoms with Crippen LogP contribution >= 0.6 is 0 Å². The van der Waals surface area contributed by atoms with Gasteiger partial charge in [-0.15, -0.1) is 0 Å². The van der Waals surface area contributed by atoms with Gasteiger partial charge < -0.3 is 0 Å². The number of hydrogen-bond acceptors (Lipinski definition) is 0. The summed E-state index contributed by atoms with van der Waals surface area (Å²) in [5.74, 6) is 1.70. The van der Waals surface area contributed by atoms with Gasteiger partial charge in [0.1, 0.15) is 0 Å². The monoisotopic (exact) mass is 168 g/mol. The third-order valence-electron chi connectivity index (χ3n) is 3.10. The molecule has 0 fully saturated rings. The highest BCUT2D eigenvalue weighted by Gasteiger charge is 2.10. The second kappa shape index (κ2) is 5.40. The third kappa shape index (κ3) is 3.94. The van der Waals surface area contributed by atoms with Gasteiger partial charge in [0.15, 0.2) is 0 Å². The van der Waals surface area contributed by atoms with Gasteiger partial charge in [0.05, 0.1) is 0 Å². The van der Waals surface area contributed by atoms with Crippen LogP contribution in [0.1, 0.15) is 54.4 Å². The van der Waals surface area contributed by atoms with Gasteiger partial charge >= 0.3 is 0 Å². The van der Waals surface area contributed by atoms with Crippen LogP contribution in [0.3, 0.4) is 0 Å². The molecule has 0 heterocycles. The number of rotatable bonds is 4. The fourth-order valence-electron chi connectivity index (χ4n) is 1.29. The van der Waals surface area contributed by atoms with Crippen LogP contribution in [0.4, 0.5) is 0 Å². The Balaban J connectivity index is 4.01. The summed E-state index contributed by atoms with van der Waals surface area (Å²) < 4.78 is 0. The normalized spacial score (nSPS) is 15.5. The van der Waals surface area contributed by atoms with E-state index in [9.17, 15) is 0 Å². The molecule has 0 radical (unpaired) electrons. The average molecular weight is 168 g/mol. The zero-order valence-electron chi connectivity index (χ0n) is 9.57. The van der Waals surface area contributed by atoms with Crippen LogP contribution in [0.5, 0.6) is 0 Å². The lowest BCUT2D eigenvalue weighted by molar-refractivity contribution is 0.373. The number of allylic oxidation sites excluding steroid dienone is 2. The average Bonchev–Trinajstić information content (AvgIpc) is 2.02. The maximum atomic E-state index is 2.36. The quantitative estimate of drug-likeness (QED) is 0.545. The molecule has 0 aliphatic carbocycles. The van der Waals surface area contributed by atoms with E-state index < -0.39 is 0 Å². The molecule has 0 saturated heterocycles. The van der Waals surface area contributed by atoms with Crippen molar-refractivity contribution in [2.24, 2.45) is 11.8 Å². The molecular formula is C12H24. The molecule has 0 heteroatoms. The van der Waals surface area contributed by atoms with Gasteiger partial charge in [-0.25, -0.2) is 0 Å². The van der Waals surface area contributed by atoms with Crippen LogP contribution in [0.15, 0.2) is 11.1 Å². The van der Waals surface area contributed by atoms with Crippen molar-refractivity contribution < 1.29 is 0 Å². The molecule has 2 unspecified atom stereocenters. The first-order valence-electron chi connectivity index (χ1n) is 5.12. The molecule has 0 spiro atoms. The predicted molar refractivity (Wildman–Crippen MR) is 57.3 cm³/mol. The predicted octanol–water partition coefficient (Wildman–Crippen LogP) is 4.42. The zero-order valence-corrected chi connectivity index (χ0v) is 9.57. The lowest BCUT2D eigenvalue weighted by atomic mass is 9.87. The highest BCUT2D eigenvalue weighted by Crippen LogP contribution is 2.23. The Hall–Kier alpha value is -0.260. The highest BCUT2D eigenvalue weighted by molar-refractivity contribution is 5.07. The molecule has 0 aromatic carbocycles. The lowest BCUT2D eigenvalue weighted by Crippen LogP contribution is -2.07. The van der Waals surface area contributed by atoms with Gasteiger partial charge in [-0.3, -0.25) is 0 Å². The smallest absolute Gasteiger partial charge is 0.0292 e. The summed E-state index contributed by atoms with van der Waals surface area (Å²) in [4.78, 5) is 0. The summed E-state index contributed by atoms with van der Waals surface area (Å²) in [5.41, 5.74) is 3.06. The van der Waals surface area contributed by atoms with Gasteiger partial charge in [-0.05, 0) is 39.0 Å². The molecule has 2 atom stereocenters. The molecule has 0 N–H and O–H groups in total. The highest BCUT2D eigenvalue weighted by atomic mass is 14.2. The molecular weight excluding hydrogens is 144 g/mol. The second-order valence-electron chi connectivity index (χ2n) is 4.35. The summed E-state index contributed by atoms with van der Waals surface area (Å²) >= 11 is 0. The minimum Gasteiger partial charge on any atom is -0.0775 e. The van der Waals surface area contributed by atoms with Gasteiger partial charge in [0, 0.05) is 0 Å². The van der Waals surface area contributed by atoms with Crippen molar-refractivity contribution >= 4 is 0 Å². The lowest BCUT2D eigenvalue weighted by Gasteiger charge is -2.19. The Bertz CT molecular complexity index is 149. The molecule has 0 saturated carbocycles. The maximum Gasteiger partial charge on any atom is -0.0292 e. The summed E-state index contributed by atoms with van der Waals surface area (Å²) in [7, 11) is 0. The van der Waals surface area contributed by atoms with Gasteiger partial charge in [0.25, 0.3) is 0 Å². The Morgan fingerprint density at radius 3 is 1.83 bits per heavy atom. The minimum atomic E-state index is 0.838. The molecule has 12 heavy (non-hydrogen) atoms. The minimum absolute atomic E-state index is 0.838. The SMILES string of the molecule is CCC(C)C(C)CC(C)=C(C)C. The molecule has 0 aromatic heterocycles. The summed E-state index contributed by atoms with van der Waals surface area (Å²) in [6.07, 6.45) is 2.58. The fraction of sp³-hybridized carbons (Fsp3) is 0.833. The van der Waals surface area contributed by atoms with Crippen molar-refractivity contribution in [3.05, 3.63) is 11.1 Å². The van der Waals surface area contributed by atoms with Crippen molar-refractivity contribution in [3.63, 3.8) is 0 Å². The molecule has 0 aliphatic rings. The molecule has 0 amide bonds. The van der Waals surface area contributed by atoms with E-state index in [1.165, 1.54) is 18.4 Å². The molecule has 0 rings (SSSR count). The zero-order chi connectivity index (χ0) is 9.72. The van der Waals surface area contributed by atoms with Crippen molar-refractivity contribution in [1.82, 2.24) is 0 Å². The van der Waals surface area contributed by atoms with Crippen molar-refractivity contribution in [1.29, 1.82) is 0 Å². The molecule has 72 valence electrons. The first-order valence-corrected chi connectivity index (χ1v) is 5.12. The van der Waals surface area contributed by atoms with Gasteiger partial charge in [-0.2, -0.15) is 0 Å². The van der Waals surface area contributed by atoms with E-state index in [1.54, 1.807) is 5.57 Å². The van der Waals surface area contributed by atoms with Crippen molar-refractivity contribution in [2.75, 3.05) is 0 Å². The summed E-state index contributed by atoms with van der Waals surface area (Å²) in [6.45, 7) is 13.7. The topological polar surface area (TPSA) is 0 Å². The van der Waals surface area contributed by atoms with Crippen LogP contribution in [-0.4, -0.2) is 0 Å². The third-order valence-corrected chi connectivity index (χ3v) is 3.10. The Labute approximate surface area is 78.1 Å². The largest absolute Gasteiger partial charge is 0.0775 e. The Morgan fingerprint density at radius 1 is 1.00 bits per heavy atom. The van der Waals surface area contributed by atoms with E-state index >= 15 is 0 Å². The van der Waals surface area contributed by atoms with E-state index in [-0.39, 0.29) is 0 Å². The van der Waals surface area contributed by atoms with E-state index in [0.717, 1.165) is 11.8 Å². The van der Waals surface area contributed by atoms with Gasteiger partial charge in [-0.1, -0.05) is 38.3 Å². The van der Waals surface area contributed by atoms with Crippen LogP contribution in [-0.2, 0) is 0 Å². The molecule has 0 bridgehead atoms. The summed E-state index contributed by atoms with van der Waals surface area (Å²) in [6, 6.07) is 0. The van der Waals surface area contributed by atoms with Crippen LogP contribution in [0.2, 0.25) is 0 Å². The van der Waals surface area contributed by atoms with Crippen molar-refractivity contribution in [2.45, 2.75) is 54.4 Å². The van der Waals surface area contributed by atoms with E-state index in [1.807, 2.05) is 0 Å². The first-order chi connectivity index (χ1) is 5.49. The van der Waals surface area contributed by atoms with Crippen molar-refractivity contribution in [3.8, 4) is 0 Å². The molecule has 0 aliphatic heterocycles. The number of hydrogen-bond donors (Lipinski definition) is 0. The van der Waals surface area contributed by atoms with Crippen LogP contribution in [0.25, 0.3) is 0 Å².